The molecule has 3 rings (SSSR count). The minimum absolute atomic E-state index is 0.129. The average molecular weight is 321 g/mol. The predicted octanol–water partition coefficient (Wildman–Crippen LogP) is 3.49. The van der Waals surface area contributed by atoms with Crippen LogP contribution in [0.2, 0.25) is 0 Å². The van der Waals surface area contributed by atoms with Gasteiger partial charge in [-0.05, 0) is 31.2 Å². The van der Waals surface area contributed by atoms with Crippen molar-refractivity contribution in [2.45, 2.75) is 13.0 Å². The number of urea groups is 1. The molecule has 1 atom stereocenters. The van der Waals surface area contributed by atoms with Crippen LogP contribution in [0, 0.1) is 0 Å². The summed E-state index contributed by atoms with van der Waals surface area (Å²) >= 11 is 0. The van der Waals surface area contributed by atoms with Gasteiger partial charge in [-0.2, -0.15) is 5.10 Å². The summed E-state index contributed by atoms with van der Waals surface area (Å²) in [6, 6.07) is 15.1. The molecule has 0 aliphatic heterocycles. The van der Waals surface area contributed by atoms with E-state index in [0.717, 1.165) is 11.4 Å². The highest BCUT2D eigenvalue weighted by Gasteiger charge is 2.18. The van der Waals surface area contributed by atoms with Crippen LogP contribution < -0.4 is 5.32 Å². The minimum atomic E-state index is -0.208. The zero-order valence-corrected chi connectivity index (χ0v) is 13.6. The van der Waals surface area contributed by atoms with Crippen LogP contribution in [-0.2, 0) is 0 Å². The Balaban J connectivity index is 1.68. The fourth-order valence-corrected chi connectivity index (χ4v) is 2.32. The molecule has 122 valence electrons. The van der Waals surface area contributed by atoms with Gasteiger partial charge in [0, 0.05) is 13.2 Å². The Kier molecular flexibility index (Phi) is 4.56. The molecule has 0 radical (unpaired) electrons. The molecular formula is C18H19N5O. The number of benzene rings is 1. The van der Waals surface area contributed by atoms with Crippen LogP contribution in [0.3, 0.4) is 0 Å². The highest BCUT2D eigenvalue weighted by atomic mass is 16.2. The summed E-state index contributed by atoms with van der Waals surface area (Å²) in [5, 5.41) is 7.13. The fourth-order valence-electron chi connectivity index (χ4n) is 2.32. The maximum Gasteiger partial charge on any atom is 0.322 e. The summed E-state index contributed by atoms with van der Waals surface area (Å²) in [6.45, 7) is 1.94. The van der Waals surface area contributed by atoms with E-state index in [-0.39, 0.29) is 12.1 Å². The van der Waals surface area contributed by atoms with Gasteiger partial charge in [-0.25, -0.2) is 9.48 Å². The van der Waals surface area contributed by atoms with Crippen LogP contribution >= 0.6 is 0 Å². The molecule has 6 heteroatoms. The first-order valence-electron chi connectivity index (χ1n) is 7.70. The molecule has 0 spiro atoms. The number of para-hydroxylation sites is 1. The lowest BCUT2D eigenvalue weighted by Gasteiger charge is -2.24. The number of anilines is 1. The van der Waals surface area contributed by atoms with E-state index in [9.17, 15) is 4.79 Å². The van der Waals surface area contributed by atoms with Gasteiger partial charge in [-0.3, -0.25) is 4.98 Å². The Morgan fingerprint density at radius 1 is 1.17 bits per heavy atom. The lowest BCUT2D eigenvalue weighted by atomic mass is 10.2. The largest absolute Gasteiger partial charge is 0.322 e. The first-order chi connectivity index (χ1) is 11.6. The molecule has 0 aliphatic carbocycles. The van der Waals surface area contributed by atoms with Crippen molar-refractivity contribution in [1.82, 2.24) is 19.7 Å². The van der Waals surface area contributed by atoms with Gasteiger partial charge in [0.25, 0.3) is 0 Å². The highest BCUT2D eigenvalue weighted by molar-refractivity contribution is 5.89. The topological polar surface area (TPSA) is 63.1 Å². The molecule has 2 aromatic heterocycles. The van der Waals surface area contributed by atoms with Crippen molar-refractivity contribution in [2.75, 3.05) is 12.4 Å². The average Bonchev–Trinajstić information content (AvgIpc) is 3.10. The van der Waals surface area contributed by atoms with E-state index in [4.69, 9.17) is 0 Å². The zero-order chi connectivity index (χ0) is 16.9. The number of carbonyl (C=O) groups excluding carboxylic acids is 1. The second kappa shape index (κ2) is 6.95. The lowest BCUT2D eigenvalue weighted by molar-refractivity contribution is 0.207. The molecule has 1 N–H and O–H groups in total. The van der Waals surface area contributed by atoms with Gasteiger partial charge in [-0.1, -0.05) is 24.3 Å². The molecule has 1 aromatic carbocycles. The summed E-state index contributed by atoms with van der Waals surface area (Å²) in [4.78, 5) is 18.3. The monoisotopic (exact) mass is 321 g/mol. The number of amides is 2. The molecule has 0 aliphatic rings. The number of carbonyl (C=O) groups is 1. The Labute approximate surface area is 140 Å². The maximum absolute atomic E-state index is 12.4. The lowest BCUT2D eigenvalue weighted by Crippen LogP contribution is -2.33. The zero-order valence-electron chi connectivity index (χ0n) is 13.6. The van der Waals surface area contributed by atoms with Crippen molar-refractivity contribution in [2.24, 2.45) is 0 Å². The third-order valence-electron chi connectivity index (χ3n) is 3.87. The third-order valence-corrected chi connectivity index (χ3v) is 3.87. The van der Waals surface area contributed by atoms with Gasteiger partial charge < -0.3 is 10.2 Å². The molecule has 0 bridgehead atoms. The number of rotatable bonds is 4. The van der Waals surface area contributed by atoms with Gasteiger partial charge >= 0.3 is 6.03 Å². The summed E-state index contributed by atoms with van der Waals surface area (Å²) < 4.78 is 1.72. The van der Waals surface area contributed by atoms with E-state index in [2.05, 4.69) is 15.4 Å². The Morgan fingerprint density at radius 2 is 1.92 bits per heavy atom. The molecule has 0 saturated heterocycles. The summed E-state index contributed by atoms with van der Waals surface area (Å²) in [5.74, 6) is 0. The fraction of sp³-hybridized carbons (Fsp3) is 0.167. The molecule has 0 unspecified atom stereocenters. The molecule has 24 heavy (non-hydrogen) atoms. The van der Waals surface area contributed by atoms with Crippen molar-refractivity contribution in [1.29, 1.82) is 0 Å². The van der Waals surface area contributed by atoms with Crippen LogP contribution in [0.1, 0.15) is 18.7 Å². The van der Waals surface area contributed by atoms with Crippen molar-refractivity contribution in [3.8, 4) is 5.69 Å². The normalized spacial score (nSPS) is 11.8. The Hall–Kier alpha value is -3.15. The second-order valence-corrected chi connectivity index (χ2v) is 5.48. The molecule has 0 saturated carbocycles. The van der Waals surface area contributed by atoms with Crippen LogP contribution in [-0.4, -0.2) is 32.7 Å². The van der Waals surface area contributed by atoms with Gasteiger partial charge in [0.2, 0.25) is 0 Å². The molecular weight excluding hydrogens is 302 g/mol. The first kappa shape index (κ1) is 15.7. The quantitative estimate of drug-likeness (QED) is 0.800. The van der Waals surface area contributed by atoms with Crippen molar-refractivity contribution in [3.63, 3.8) is 0 Å². The number of nitrogens with one attached hydrogen (secondary N) is 1. The van der Waals surface area contributed by atoms with E-state index in [1.165, 1.54) is 0 Å². The third kappa shape index (κ3) is 3.43. The van der Waals surface area contributed by atoms with Gasteiger partial charge in [-0.15, -0.1) is 0 Å². The van der Waals surface area contributed by atoms with E-state index in [1.807, 2.05) is 55.5 Å². The van der Waals surface area contributed by atoms with Gasteiger partial charge in [0.15, 0.2) is 0 Å². The molecule has 0 fully saturated rings. The number of hydrogen-bond donors (Lipinski definition) is 1. The summed E-state index contributed by atoms with van der Waals surface area (Å²) in [5.41, 5.74) is 2.42. The smallest absolute Gasteiger partial charge is 0.319 e. The second-order valence-electron chi connectivity index (χ2n) is 5.48. The standard InChI is InChI=1S/C18H19N5O/c1-14(17-10-6-7-11-19-17)22(2)18(24)21-15-12-20-23(13-15)16-8-4-3-5-9-16/h3-14H,1-2H3,(H,21,24)/t14-/m0/s1. The first-order valence-corrected chi connectivity index (χ1v) is 7.70. The van der Waals surface area contributed by atoms with Crippen LogP contribution in [0.15, 0.2) is 67.1 Å². The maximum atomic E-state index is 12.4. The van der Waals surface area contributed by atoms with Gasteiger partial charge in [0.1, 0.15) is 0 Å². The van der Waals surface area contributed by atoms with E-state index < -0.39 is 0 Å². The Bertz CT molecular complexity index is 801. The molecule has 3 aromatic rings. The van der Waals surface area contributed by atoms with Crippen LogP contribution in [0.25, 0.3) is 5.69 Å². The number of hydrogen-bond acceptors (Lipinski definition) is 3. The van der Waals surface area contributed by atoms with Crippen molar-refractivity contribution < 1.29 is 4.79 Å². The SMILES string of the molecule is C[C@@H](c1ccccn1)N(C)C(=O)Nc1cnn(-c2ccccc2)c1. The van der Waals surface area contributed by atoms with Crippen LogP contribution in [0.4, 0.5) is 10.5 Å². The summed E-state index contributed by atoms with van der Waals surface area (Å²) in [7, 11) is 1.75. The molecule has 2 heterocycles. The summed E-state index contributed by atoms with van der Waals surface area (Å²) in [6.07, 6.45) is 5.14. The van der Waals surface area contributed by atoms with Crippen molar-refractivity contribution >= 4 is 11.7 Å². The molecule has 6 nitrogen and oxygen atoms in total. The minimum Gasteiger partial charge on any atom is -0.319 e. The van der Waals surface area contributed by atoms with E-state index in [0.29, 0.717) is 5.69 Å². The predicted molar refractivity (Wildman–Crippen MR) is 93.0 cm³/mol. The van der Waals surface area contributed by atoms with E-state index >= 15 is 0 Å². The number of pyridine rings is 1. The van der Waals surface area contributed by atoms with E-state index in [1.54, 1.807) is 35.2 Å². The van der Waals surface area contributed by atoms with Gasteiger partial charge in [0.05, 0.1) is 35.5 Å². The van der Waals surface area contributed by atoms with Crippen LogP contribution in [0.5, 0.6) is 0 Å². The molecule has 2 amide bonds. The Morgan fingerprint density at radius 3 is 2.62 bits per heavy atom. The number of nitrogens with zero attached hydrogens (tertiary/aromatic N) is 4. The highest BCUT2D eigenvalue weighted by Crippen LogP contribution is 2.18. The number of aromatic nitrogens is 3. The van der Waals surface area contributed by atoms with Crippen molar-refractivity contribution in [3.05, 3.63) is 72.8 Å².